The minimum Gasteiger partial charge on any atom is -0.465 e. The van der Waals surface area contributed by atoms with Crippen LogP contribution in [0, 0.1) is 5.82 Å². The van der Waals surface area contributed by atoms with Crippen molar-refractivity contribution in [1.82, 2.24) is 4.90 Å². The zero-order chi connectivity index (χ0) is 17.5. The van der Waals surface area contributed by atoms with Crippen LogP contribution in [-0.4, -0.2) is 43.0 Å². The smallest absolute Gasteiger partial charge is 0.337 e. The van der Waals surface area contributed by atoms with E-state index in [9.17, 15) is 14.0 Å². The molecule has 0 heterocycles. The molecule has 0 aliphatic heterocycles. The Labute approximate surface area is 142 Å². The lowest BCUT2D eigenvalue weighted by Crippen LogP contribution is -2.44. The average Bonchev–Trinajstić information content (AvgIpc) is 2.62. The maximum atomic E-state index is 13.9. The lowest BCUT2D eigenvalue weighted by atomic mass is 9.94. The zero-order valence-corrected chi connectivity index (χ0v) is 14.3. The van der Waals surface area contributed by atoms with E-state index >= 15 is 0 Å². The third-order valence-electron chi connectivity index (χ3n) is 4.49. The molecule has 1 saturated carbocycles. The summed E-state index contributed by atoms with van der Waals surface area (Å²) in [5.74, 6) is -1.09. The van der Waals surface area contributed by atoms with Gasteiger partial charge >= 0.3 is 5.97 Å². The topological polar surface area (TPSA) is 58.6 Å². The molecule has 1 aromatic rings. The van der Waals surface area contributed by atoms with E-state index in [1.165, 1.54) is 31.7 Å². The van der Waals surface area contributed by atoms with Gasteiger partial charge in [0.25, 0.3) is 0 Å². The maximum absolute atomic E-state index is 13.9. The summed E-state index contributed by atoms with van der Waals surface area (Å²) in [5, 5.41) is 2.81. The number of hydrogen-bond acceptors (Lipinski definition) is 4. The number of methoxy groups -OCH3 is 1. The summed E-state index contributed by atoms with van der Waals surface area (Å²) in [5.41, 5.74) is 0.374. The first-order chi connectivity index (χ1) is 11.6. The number of likely N-dealkylation sites (N-methyl/N-ethyl adjacent to an activating group) is 1. The number of nitrogens with zero attached hydrogens (tertiary/aromatic N) is 1. The number of esters is 1. The molecular formula is C18H25FN2O3. The Hall–Kier alpha value is -2.11. The van der Waals surface area contributed by atoms with Crippen molar-refractivity contribution >= 4 is 17.6 Å². The highest BCUT2D eigenvalue weighted by Crippen LogP contribution is 2.23. The molecule has 2 rings (SSSR count). The molecule has 6 heteroatoms. The summed E-state index contributed by atoms with van der Waals surface area (Å²) in [6.45, 7) is 2.62. The second kappa shape index (κ2) is 8.66. The first kappa shape index (κ1) is 18.2. The Kier molecular flexibility index (Phi) is 6.58. The molecule has 0 unspecified atom stereocenters. The number of carbonyl (C=O) groups excluding carboxylic acids is 2. The monoisotopic (exact) mass is 336 g/mol. The van der Waals surface area contributed by atoms with E-state index in [2.05, 4.69) is 10.1 Å². The molecule has 0 radical (unpaired) electrons. The number of hydrogen-bond donors (Lipinski definition) is 1. The Balaban J connectivity index is 2.00. The van der Waals surface area contributed by atoms with Crippen molar-refractivity contribution < 1.29 is 18.7 Å². The van der Waals surface area contributed by atoms with E-state index in [0.29, 0.717) is 6.54 Å². The molecule has 1 amide bonds. The number of rotatable bonds is 6. The molecule has 0 atom stereocenters. The quantitative estimate of drug-likeness (QED) is 0.811. The molecule has 0 bridgehead atoms. The van der Waals surface area contributed by atoms with Crippen LogP contribution in [0.4, 0.5) is 10.1 Å². The molecular weight excluding hydrogens is 311 g/mol. The summed E-state index contributed by atoms with van der Waals surface area (Å²) < 4.78 is 18.5. The van der Waals surface area contributed by atoms with Gasteiger partial charge in [-0.05, 0) is 38.0 Å². The first-order valence-corrected chi connectivity index (χ1v) is 8.48. The molecule has 1 fully saturated rings. The van der Waals surface area contributed by atoms with Crippen LogP contribution < -0.4 is 5.32 Å². The van der Waals surface area contributed by atoms with Crippen LogP contribution >= 0.6 is 0 Å². The van der Waals surface area contributed by atoms with Gasteiger partial charge in [-0.2, -0.15) is 0 Å². The van der Waals surface area contributed by atoms with E-state index in [4.69, 9.17) is 0 Å². The summed E-state index contributed by atoms with van der Waals surface area (Å²) in [6.07, 6.45) is 5.60. The number of ether oxygens (including phenoxy) is 1. The summed E-state index contributed by atoms with van der Waals surface area (Å²) in [6, 6.07) is 4.20. The number of nitrogens with one attached hydrogen (secondary N) is 1. The van der Waals surface area contributed by atoms with Crippen molar-refractivity contribution in [2.45, 2.75) is 45.1 Å². The predicted octanol–water partition coefficient (Wildman–Crippen LogP) is 3.21. The van der Waals surface area contributed by atoms with Gasteiger partial charge in [-0.3, -0.25) is 4.79 Å². The molecule has 132 valence electrons. The van der Waals surface area contributed by atoms with E-state index in [1.54, 1.807) is 0 Å². The SMILES string of the molecule is CCN(C(=O)CNc1cc(C(=O)OC)ccc1F)C1CCCCC1. The fourth-order valence-corrected chi connectivity index (χ4v) is 3.21. The number of amides is 1. The van der Waals surface area contributed by atoms with Crippen LogP contribution in [0.1, 0.15) is 49.4 Å². The fourth-order valence-electron chi connectivity index (χ4n) is 3.21. The van der Waals surface area contributed by atoms with Gasteiger partial charge in [0.1, 0.15) is 5.82 Å². The van der Waals surface area contributed by atoms with E-state index in [0.717, 1.165) is 25.7 Å². The number of benzene rings is 1. The number of carbonyl (C=O) groups is 2. The van der Waals surface area contributed by atoms with Crippen LogP contribution in [-0.2, 0) is 9.53 Å². The van der Waals surface area contributed by atoms with E-state index < -0.39 is 11.8 Å². The highest BCUT2D eigenvalue weighted by Gasteiger charge is 2.24. The molecule has 1 aliphatic rings. The average molecular weight is 336 g/mol. The molecule has 1 N–H and O–H groups in total. The maximum Gasteiger partial charge on any atom is 0.337 e. The molecule has 24 heavy (non-hydrogen) atoms. The largest absolute Gasteiger partial charge is 0.465 e. The molecule has 1 aliphatic carbocycles. The second-order valence-corrected chi connectivity index (χ2v) is 6.01. The molecule has 5 nitrogen and oxygen atoms in total. The van der Waals surface area contributed by atoms with Crippen molar-refractivity contribution in [3.63, 3.8) is 0 Å². The summed E-state index contributed by atoms with van der Waals surface area (Å²) in [7, 11) is 1.27. The van der Waals surface area contributed by atoms with Crippen LogP contribution in [0.3, 0.4) is 0 Å². The summed E-state index contributed by atoms with van der Waals surface area (Å²) in [4.78, 5) is 25.9. The van der Waals surface area contributed by atoms with Crippen molar-refractivity contribution in [2.75, 3.05) is 25.5 Å². The zero-order valence-electron chi connectivity index (χ0n) is 14.3. The van der Waals surface area contributed by atoms with Crippen molar-refractivity contribution in [3.8, 4) is 0 Å². The Morgan fingerprint density at radius 1 is 1.29 bits per heavy atom. The van der Waals surface area contributed by atoms with Gasteiger partial charge in [-0.1, -0.05) is 19.3 Å². The van der Waals surface area contributed by atoms with Crippen molar-refractivity contribution in [2.24, 2.45) is 0 Å². The number of anilines is 1. The third-order valence-corrected chi connectivity index (χ3v) is 4.49. The fraction of sp³-hybridized carbons (Fsp3) is 0.556. The highest BCUT2D eigenvalue weighted by molar-refractivity contribution is 5.90. The van der Waals surface area contributed by atoms with Gasteiger partial charge in [-0.15, -0.1) is 0 Å². The van der Waals surface area contributed by atoms with Gasteiger partial charge in [0, 0.05) is 12.6 Å². The standard InChI is InChI=1S/C18H25FN2O3/c1-3-21(14-7-5-4-6-8-14)17(22)12-20-16-11-13(18(23)24-2)9-10-15(16)19/h9-11,14,20H,3-8,12H2,1-2H3. The molecule has 0 spiro atoms. The van der Waals surface area contributed by atoms with Crippen LogP contribution in [0.25, 0.3) is 0 Å². The molecule has 0 aromatic heterocycles. The minimum absolute atomic E-state index is 0.00584. The minimum atomic E-state index is -0.540. The summed E-state index contributed by atoms with van der Waals surface area (Å²) >= 11 is 0. The van der Waals surface area contributed by atoms with Crippen LogP contribution in [0.5, 0.6) is 0 Å². The van der Waals surface area contributed by atoms with Gasteiger partial charge in [-0.25, -0.2) is 9.18 Å². The number of halogens is 1. The lowest BCUT2D eigenvalue weighted by Gasteiger charge is -2.33. The molecule has 1 aromatic carbocycles. The third kappa shape index (κ3) is 4.46. The van der Waals surface area contributed by atoms with E-state index in [-0.39, 0.29) is 29.7 Å². The predicted molar refractivity (Wildman–Crippen MR) is 90.5 cm³/mol. The Morgan fingerprint density at radius 3 is 2.62 bits per heavy atom. The van der Waals surface area contributed by atoms with Crippen molar-refractivity contribution in [3.05, 3.63) is 29.6 Å². The van der Waals surface area contributed by atoms with Crippen LogP contribution in [0.15, 0.2) is 18.2 Å². The Morgan fingerprint density at radius 2 is 2.00 bits per heavy atom. The second-order valence-electron chi connectivity index (χ2n) is 6.01. The van der Waals surface area contributed by atoms with Gasteiger partial charge in [0.2, 0.25) is 5.91 Å². The Bertz CT molecular complexity index is 586. The van der Waals surface area contributed by atoms with Gasteiger partial charge in [0.05, 0.1) is 24.9 Å². The first-order valence-electron chi connectivity index (χ1n) is 8.48. The normalized spacial score (nSPS) is 15.0. The lowest BCUT2D eigenvalue weighted by molar-refractivity contribution is -0.132. The van der Waals surface area contributed by atoms with Crippen LogP contribution in [0.2, 0.25) is 0 Å². The van der Waals surface area contributed by atoms with Crippen molar-refractivity contribution in [1.29, 1.82) is 0 Å². The van der Waals surface area contributed by atoms with E-state index in [1.807, 2.05) is 11.8 Å². The van der Waals surface area contributed by atoms with Gasteiger partial charge < -0.3 is 15.0 Å². The highest BCUT2D eigenvalue weighted by atomic mass is 19.1. The molecule has 0 saturated heterocycles. The van der Waals surface area contributed by atoms with Gasteiger partial charge in [0.15, 0.2) is 0 Å².